The number of rotatable bonds is 13. The summed E-state index contributed by atoms with van der Waals surface area (Å²) in [5, 5.41) is 14.3. The molecular formula is C22H34FN3O5. The van der Waals surface area contributed by atoms with E-state index in [1.165, 1.54) is 0 Å². The van der Waals surface area contributed by atoms with E-state index in [9.17, 15) is 18.8 Å². The summed E-state index contributed by atoms with van der Waals surface area (Å²) in [5.74, 6) is -1.71. The topological polar surface area (TPSA) is 131 Å². The number of carboxylic acid groups (broad SMARTS) is 1. The fourth-order valence-electron chi connectivity index (χ4n) is 2.93. The number of unbranched alkanes of at least 4 members (excludes halogenated alkanes) is 2. The number of carbonyl (C=O) groups is 3. The van der Waals surface area contributed by atoms with Crippen LogP contribution in [0.2, 0.25) is 0 Å². The molecule has 0 aliphatic heterocycles. The van der Waals surface area contributed by atoms with E-state index >= 15 is 0 Å². The monoisotopic (exact) mass is 439 g/mol. The fraction of sp³-hybridized carbons (Fsp3) is 0.591. The molecule has 0 radical (unpaired) electrons. The Balaban J connectivity index is 2.68. The molecule has 0 aromatic heterocycles. The van der Waals surface area contributed by atoms with E-state index in [-0.39, 0.29) is 37.3 Å². The fourth-order valence-corrected chi connectivity index (χ4v) is 2.93. The van der Waals surface area contributed by atoms with Crippen LogP contribution in [0.1, 0.15) is 64.9 Å². The molecule has 0 heterocycles. The molecule has 0 saturated heterocycles. The molecule has 0 fully saturated rings. The number of hydrogen-bond donors (Lipinski definition) is 4. The molecule has 1 aromatic carbocycles. The van der Waals surface area contributed by atoms with Crippen molar-refractivity contribution < 1.29 is 28.6 Å². The van der Waals surface area contributed by atoms with Gasteiger partial charge in [0.2, 0.25) is 5.91 Å². The van der Waals surface area contributed by atoms with E-state index in [2.05, 4.69) is 10.6 Å². The van der Waals surface area contributed by atoms with Crippen LogP contribution in [0.4, 0.5) is 14.9 Å². The number of primary amides is 1. The molecule has 174 valence electrons. The number of anilines is 1. The minimum Gasteiger partial charge on any atom is -0.481 e. The largest absolute Gasteiger partial charge is 0.481 e. The molecule has 9 heteroatoms. The predicted molar refractivity (Wildman–Crippen MR) is 116 cm³/mol. The summed E-state index contributed by atoms with van der Waals surface area (Å²) in [5.41, 5.74) is 5.37. The Hall–Kier alpha value is -2.84. The number of aliphatic carboxylic acids is 1. The molecule has 0 aliphatic rings. The molecule has 8 nitrogen and oxygen atoms in total. The zero-order chi connectivity index (χ0) is 23.4. The highest BCUT2D eigenvalue weighted by atomic mass is 19.1. The number of hydrogen-bond acceptors (Lipinski definition) is 5. The van der Waals surface area contributed by atoms with E-state index in [1.807, 2.05) is 0 Å². The number of alkyl carbamates (subject to hydrolysis) is 1. The van der Waals surface area contributed by atoms with E-state index in [0.29, 0.717) is 31.2 Å². The van der Waals surface area contributed by atoms with Gasteiger partial charge in [-0.2, -0.15) is 0 Å². The number of benzene rings is 1. The van der Waals surface area contributed by atoms with Gasteiger partial charge in [0.15, 0.2) is 0 Å². The average Bonchev–Trinajstić information content (AvgIpc) is 2.63. The summed E-state index contributed by atoms with van der Waals surface area (Å²) in [6.07, 6.45) is 2.30. The van der Waals surface area contributed by atoms with Crippen molar-refractivity contribution in [3.63, 3.8) is 0 Å². The van der Waals surface area contributed by atoms with E-state index in [4.69, 9.17) is 15.6 Å². The summed E-state index contributed by atoms with van der Waals surface area (Å²) in [7, 11) is 0. The highest BCUT2D eigenvalue weighted by Crippen LogP contribution is 2.20. The maximum absolute atomic E-state index is 14.8. The van der Waals surface area contributed by atoms with Crippen molar-refractivity contribution in [3.05, 3.63) is 29.6 Å². The third-order valence-electron chi connectivity index (χ3n) is 4.41. The third kappa shape index (κ3) is 11.8. The van der Waals surface area contributed by atoms with Gasteiger partial charge in [0.25, 0.3) is 0 Å². The second-order valence-electron chi connectivity index (χ2n) is 8.46. The van der Waals surface area contributed by atoms with Gasteiger partial charge in [-0.25, -0.2) is 9.18 Å². The molecule has 0 spiro atoms. The van der Waals surface area contributed by atoms with E-state index in [0.717, 1.165) is 0 Å². The first-order valence-electron chi connectivity index (χ1n) is 10.5. The van der Waals surface area contributed by atoms with Crippen molar-refractivity contribution in [1.29, 1.82) is 0 Å². The Bertz CT molecular complexity index is 749. The van der Waals surface area contributed by atoms with Gasteiger partial charge in [-0.15, -0.1) is 0 Å². The molecule has 0 bridgehead atoms. The third-order valence-corrected chi connectivity index (χ3v) is 4.41. The highest BCUT2D eigenvalue weighted by Gasteiger charge is 2.20. The zero-order valence-electron chi connectivity index (χ0n) is 18.5. The van der Waals surface area contributed by atoms with Gasteiger partial charge in [-0.1, -0.05) is 18.6 Å². The summed E-state index contributed by atoms with van der Waals surface area (Å²) in [6, 6.07) is 4.54. The van der Waals surface area contributed by atoms with Gasteiger partial charge in [0.1, 0.15) is 11.4 Å². The van der Waals surface area contributed by atoms with Gasteiger partial charge in [-0.05, 0) is 58.1 Å². The first-order valence-corrected chi connectivity index (χ1v) is 10.5. The van der Waals surface area contributed by atoms with E-state index < -0.39 is 29.6 Å². The lowest BCUT2D eigenvalue weighted by Gasteiger charge is -2.24. The lowest BCUT2D eigenvalue weighted by Crippen LogP contribution is -2.43. The van der Waals surface area contributed by atoms with Gasteiger partial charge in [0, 0.05) is 25.4 Å². The average molecular weight is 440 g/mol. The summed E-state index contributed by atoms with van der Waals surface area (Å²) < 4.78 is 20.1. The van der Waals surface area contributed by atoms with Crippen LogP contribution in [0.25, 0.3) is 0 Å². The Morgan fingerprint density at radius 3 is 2.48 bits per heavy atom. The molecule has 1 aromatic rings. The SMILES string of the molecule is CC(C)(C)OC(=O)NC(CCC(N)=O)CNc1cccc(CCCCCC(=O)O)c1F. The van der Waals surface area contributed by atoms with Crippen molar-refractivity contribution in [1.82, 2.24) is 5.32 Å². The minimum absolute atomic E-state index is 0.0704. The minimum atomic E-state index is -0.830. The van der Waals surface area contributed by atoms with Gasteiger partial charge >= 0.3 is 12.1 Å². The van der Waals surface area contributed by atoms with Crippen LogP contribution in [0.15, 0.2) is 18.2 Å². The van der Waals surface area contributed by atoms with Gasteiger partial charge < -0.3 is 26.2 Å². The van der Waals surface area contributed by atoms with E-state index in [1.54, 1.807) is 39.0 Å². The maximum Gasteiger partial charge on any atom is 0.407 e. The normalized spacial score (nSPS) is 12.1. The Morgan fingerprint density at radius 1 is 1.16 bits per heavy atom. The molecule has 5 N–H and O–H groups in total. The highest BCUT2D eigenvalue weighted by molar-refractivity contribution is 5.74. The van der Waals surface area contributed by atoms with Crippen molar-refractivity contribution in [3.8, 4) is 0 Å². The molecule has 0 aliphatic carbocycles. The molecule has 2 amide bonds. The van der Waals surface area contributed by atoms with Crippen molar-refractivity contribution in [2.24, 2.45) is 5.73 Å². The van der Waals surface area contributed by atoms with Crippen molar-refractivity contribution >= 4 is 23.7 Å². The number of nitrogens with two attached hydrogens (primary N) is 1. The summed E-state index contributed by atoms with van der Waals surface area (Å²) in [4.78, 5) is 33.8. The lowest BCUT2D eigenvalue weighted by atomic mass is 10.0. The lowest BCUT2D eigenvalue weighted by molar-refractivity contribution is -0.137. The first kappa shape index (κ1) is 26.2. The Kier molecular flexibility index (Phi) is 10.8. The quantitative estimate of drug-likeness (QED) is 0.348. The smallest absolute Gasteiger partial charge is 0.407 e. The van der Waals surface area contributed by atoms with Crippen molar-refractivity contribution in [2.75, 3.05) is 11.9 Å². The standard InChI is InChI=1S/C22H34FN3O5/c1-22(2,3)31-21(30)26-16(12-13-18(24)27)14-25-17-10-7-9-15(20(17)23)8-5-4-6-11-19(28)29/h7,9-10,16,25H,4-6,8,11-14H2,1-3H3,(H2,24,27)(H,26,30)(H,28,29). The van der Waals surface area contributed by atoms with Crippen LogP contribution in [-0.4, -0.2) is 41.3 Å². The second kappa shape index (κ2) is 12.8. The van der Waals surface area contributed by atoms with Crippen LogP contribution in [0.5, 0.6) is 0 Å². The van der Waals surface area contributed by atoms with Gasteiger partial charge in [0.05, 0.1) is 5.69 Å². The second-order valence-corrected chi connectivity index (χ2v) is 8.46. The number of carboxylic acids is 1. The maximum atomic E-state index is 14.8. The molecule has 0 saturated carbocycles. The van der Waals surface area contributed by atoms with Crippen LogP contribution in [0, 0.1) is 5.82 Å². The number of nitrogens with one attached hydrogen (secondary N) is 2. The molecule has 1 rings (SSSR count). The molecular weight excluding hydrogens is 405 g/mol. The Labute approximate surface area is 182 Å². The summed E-state index contributed by atoms with van der Waals surface area (Å²) in [6.45, 7) is 5.41. The summed E-state index contributed by atoms with van der Waals surface area (Å²) >= 11 is 0. The van der Waals surface area contributed by atoms with Crippen LogP contribution >= 0.6 is 0 Å². The Morgan fingerprint density at radius 2 is 1.87 bits per heavy atom. The molecule has 1 unspecified atom stereocenters. The zero-order valence-corrected chi connectivity index (χ0v) is 18.5. The number of ether oxygens (including phenoxy) is 1. The van der Waals surface area contributed by atoms with Crippen LogP contribution in [0.3, 0.4) is 0 Å². The predicted octanol–water partition coefficient (Wildman–Crippen LogP) is 3.58. The van der Waals surface area contributed by atoms with Gasteiger partial charge in [-0.3, -0.25) is 9.59 Å². The number of amides is 2. The van der Waals surface area contributed by atoms with Crippen LogP contribution in [-0.2, 0) is 20.7 Å². The van der Waals surface area contributed by atoms with Crippen molar-refractivity contribution in [2.45, 2.75) is 77.4 Å². The van der Waals surface area contributed by atoms with Crippen LogP contribution < -0.4 is 16.4 Å². The molecule has 31 heavy (non-hydrogen) atoms. The molecule has 1 atom stereocenters. The number of halogens is 1. The first-order chi connectivity index (χ1) is 14.5. The number of carbonyl (C=O) groups excluding carboxylic acids is 2. The number of aryl methyl sites for hydroxylation is 1.